The van der Waals surface area contributed by atoms with Crippen molar-refractivity contribution in [2.45, 2.75) is 63.5 Å². The van der Waals surface area contributed by atoms with Crippen molar-refractivity contribution in [1.82, 2.24) is 10.2 Å². The standard InChI is InChI=1S/C22H31FN2O5S/c1-22(2,3)30-21(27)24-14-18(13-23)16-31(28,29)19-9-7-8-17(12-19)15-25-11-6-4-5-10-20(25)26/h7-9,12-13H,4-6,10-11,14-16H2,1-3H3,(H,24,27)/b18-13+. The van der Waals surface area contributed by atoms with Gasteiger partial charge < -0.3 is 15.0 Å². The Labute approximate surface area is 183 Å². The highest BCUT2D eigenvalue weighted by molar-refractivity contribution is 7.91. The smallest absolute Gasteiger partial charge is 0.407 e. The summed E-state index contributed by atoms with van der Waals surface area (Å²) in [6, 6.07) is 6.35. The first-order chi connectivity index (χ1) is 14.5. The van der Waals surface area contributed by atoms with E-state index in [0.717, 1.165) is 19.3 Å². The Bertz CT molecular complexity index is 922. The predicted octanol–water partition coefficient (Wildman–Crippen LogP) is 3.74. The lowest BCUT2D eigenvalue weighted by molar-refractivity contribution is -0.131. The largest absolute Gasteiger partial charge is 0.444 e. The van der Waals surface area contributed by atoms with Crippen LogP contribution in [-0.2, 0) is 25.9 Å². The van der Waals surface area contributed by atoms with Crippen LogP contribution in [0.2, 0.25) is 0 Å². The summed E-state index contributed by atoms with van der Waals surface area (Å²) >= 11 is 0. The number of hydrogen-bond donors (Lipinski definition) is 1. The summed E-state index contributed by atoms with van der Waals surface area (Å²) in [6.07, 6.45) is 2.75. The first-order valence-electron chi connectivity index (χ1n) is 10.3. The van der Waals surface area contributed by atoms with Gasteiger partial charge in [0, 0.05) is 26.1 Å². The summed E-state index contributed by atoms with van der Waals surface area (Å²) in [5.41, 5.74) is -0.113. The van der Waals surface area contributed by atoms with Gasteiger partial charge in [-0.05, 0) is 56.9 Å². The Balaban J connectivity index is 2.04. The molecule has 0 aliphatic carbocycles. The third kappa shape index (κ3) is 8.32. The Morgan fingerprint density at radius 3 is 2.68 bits per heavy atom. The molecule has 9 heteroatoms. The van der Waals surface area contributed by atoms with Gasteiger partial charge in [-0.1, -0.05) is 18.6 Å². The molecule has 0 spiro atoms. The molecule has 0 aromatic heterocycles. The second-order valence-electron chi connectivity index (χ2n) is 8.66. The van der Waals surface area contributed by atoms with Crippen LogP contribution in [0.1, 0.15) is 52.0 Å². The maximum Gasteiger partial charge on any atom is 0.407 e. The Kier molecular flexibility index (Phi) is 8.61. The van der Waals surface area contributed by atoms with E-state index in [4.69, 9.17) is 4.74 Å². The number of nitrogens with zero attached hydrogens (tertiary/aromatic N) is 1. The fourth-order valence-electron chi connectivity index (χ4n) is 3.21. The first kappa shape index (κ1) is 24.8. The van der Waals surface area contributed by atoms with Crippen LogP contribution < -0.4 is 5.32 Å². The fourth-order valence-corrected chi connectivity index (χ4v) is 4.65. The van der Waals surface area contributed by atoms with Crippen LogP contribution in [0.5, 0.6) is 0 Å². The number of rotatable bonds is 7. The number of nitrogens with one attached hydrogen (secondary N) is 1. The number of amides is 2. The highest BCUT2D eigenvalue weighted by Crippen LogP contribution is 2.19. The molecular weight excluding hydrogens is 423 g/mol. The number of ether oxygens (including phenoxy) is 1. The van der Waals surface area contributed by atoms with Crippen LogP contribution in [0.3, 0.4) is 0 Å². The summed E-state index contributed by atoms with van der Waals surface area (Å²) in [6.45, 7) is 5.78. The Morgan fingerprint density at radius 1 is 1.26 bits per heavy atom. The van der Waals surface area contributed by atoms with Crippen molar-refractivity contribution >= 4 is 21.8 Å². The molecule has 1 aromatic rings. The molecular formula is C22H31FN2O5S. The number of carbonyl (C=O) groups is 2. The van der Waals surface area contributed by atoms with E-state index in [9.17, 15) is 22.4 Å². The van der Waals surface area contributed by atoms with Gasteiger partial charge in [-0.3, -0.25) is 4.79 Å². The van der Waals surface area contributed by atoms with Gasteiger partial charge in [0.1, 0.15) is 5.60 Å². The monoisotopic (exact) mass is 454 g/mol. The molecule has 0 radical (unpaired) electrons. The molecule has 1 fully saturated rings. The fraction of sp³-hybridized carbons (Fsp3) is 0.545. The van der Waals surface area contributed by atoms with Crippen LogP contribution in [0, 0.1) is 0 Å². The number of halogens is 1. The van der Waals surface area contributed by atoms with Crippen molar-refractivity contribution in [3.63, 3.8) is 0 Å². The number of likely N-dealkylation sites (tertiary alicyclic amines) is 1. The zero-order valence-corrected chi connectivity index (χ0v) is 19.1. The first-order valence-corrected chi connectivity index (χ1v) is 12.0. The summed E-state index contributed by atoms with van der Waals surface area (Å²) in [4.78, 5) is 25.7. The molecule has 1 aromatic carbocycles. The molecule has 1 aliphatic rings. The average Bonchev–Trinajstić information content (AvgIpc) is 2.88. The quantitative estimate of drug-likeness (QED) is 0.678. The third-order valence-electron chi connectivity index (χ3n) is 4.69. The molecule has 0 bridgehead atoms. The van der Waals surface area contributed by atoms with Crippen molar-refractivity contribution in [2.75, 3.05) is 18.8 Å². The van der Waals surface area contributed by atoms with E-state index in [-0.39, 0.29) is 29.3 Å². The lowest BCUT2D eigenvalue weighted by atomic mass is 10.2. The van der Waals surface area contributed by atoms with Crippen molar-refractivity contribution in [2.24, 2.45) is 0 Å². The molecule has 1 heterocycles. The minimum atomic E-state index is -3.84. The van der Waals surface area contributed by atoms with Crippen molar-refractivity contribution < 1.29 is 27.1 Å². The van der Waals surface area contributed by atoms with E-state index in [2.05, 4.69) is 5.32 Å². The number of benzene rings is 1. The van der Waals surface area contributed by atoms with E-state index in [1.165, 1.54) is 12.1 Å². The number of carbonyl (C=O) groups excluding carboxylic acids is 2. The second-order valence-corrected chi connectivity index (χ2v) is 10.6. The van der Waals surface area contributed by atoms with Crippen molar-refractivity contribution in [1.29, 1.82) is 0 Å². The lowest BCUT2D eigenvalue weighted by Gasteiger charge is -2.21. The van der Waals surface area contributed by atoms with Gasteiger partial charge >= 0.3 is 6.09 Å². The number of sulfone groups is 1. The van der Waals surface area contributed by atoms with Crippen LogP contribution >= 0.6 is 0 Å². The van der Waals surface area contributed by atoms with E-state index < -0.39 is 27.3 Å². The van der Waals surface area contributed by atoms with E-state index >= 15 is 0 Å². The highest BCUT2D eigenvalue weighted by Gasteiger charge is 2.21. The number of alkyl carbamates (subject to hydrolysis) is 1. The number of hydrogen-bond acceptors (Lipinski definition) is 5. The van der Waals surface area contributed by atoms with Crippen LogP contribution in [0.4, 0.5) is 9.18 Å². The second kappa shape index (κ2) is 10.7. The molecule has 31 heavy (non-hydrogen) atoms. The maximum absolute atomic E-state index is 13.3. The van der Waals surface area contributed by atoms with Crippen LogP contribution in [0.25, 0.3) is 0 Å². The summed E-state index contributed by atoms with van der Waals surface area (Å²) < 4.78 is 44.0. The summed E-state index contributed by atoms with van der Waals surface area (Å²) in [5, 5.41) is 2.36. The zero-order valence-electron chi connectivity index (χ0n) is 18.3. The normalized spacial score (nSPS) is 16.1. The summed E-state index contributed by atoms with van der Waals surface area (Å²) in [5.74, 6) is -0.507. The molecule has 0 unspecified atom stereocenters. The molecule has 0 atom stereocenters. The summed E-state index contributed by atoms with van der Waals surface area (Å²) in [7, 11) is -3.84. The predicted molar refractivity (Wildman–Crippen MR) is 116 cm³/mol. The molecule has 1 aliphatic heterocycles. The van der Waals surface area contributed by atoms with E-state index in [1.807, 2.05) is 0 Å². The zero-order chi connectivity index (χ0) is 23.1. The lowest BCUT2D eigenvalue weighted by Crippen LogP contribution is -2.34. The van der Waals surface area contributed by atoms with Gasteiger partial charge in [0.15, 0.2) is 9.84 Å². The van der Waals surface area contributed by atoms with Crippen molar-refractivity contribution in [3.8, 4) is 0 Å². The maximum atomic E-state index is 13.3. The van der Waals surface area contributed by atoms with E-state index in [1.54, 1.807) is 37.8 Å². The molecule has 172 valence electrons. The Hall–Kier alpha value is -2.42. The van der Waals surface area contributed by atoms with Gasteiger partial charge in [-0.2, -0.15) is 0 Å². The molecule has 2 amide bonds. The third-order valence-corrected chi connectivity index (χ3v) is 6.41. The minimum Gasteiger partial charge on any atom is -0.444 e. The van der Waals surface area contributed by atoms with Gasteiger partial charge in [0.25, 0.3) is 0 Å². The topological polar surface area (TPSA) is 92.8 Å². The van der Waals surface area contributed by atoms with Gasteiger partial charge in [-0.15, -0.1) is 0 Å². The van der Waals surface area contributed by atoms with Crippen molar-refractivity contribution in [3.05, 3.63) is 41.7 Å². The van der Waals surface area contributed by atoms with Crippen LogP contribution in [0.15, 0.2) is 41.1 Å². The average molecular weight is 455 g/mol. The van der Waals surface area contributed by atoms with Crippen LogP contribution in [-0.4, -0.2) is 49.8 Å². The molecule has 1 saturated heterocycles. The highest BCUT2D eigenvalue weighted by atomic mass is 32.2. The van der Waals surface area contributed by atoms with Gasteiger partial charge in [-0.25, -0.2) is 17.6 Å². The minimum absolute atomic E-state index is 0.0453. The van der Waals surface area contributed by atoms with Gasteiger partial charge in [0.2, 0.25) is 5.91 Å². The molecule has 0 saturated carbocycles. The SMILES string of the molecule is CC(C)(C)OC(=O)NC/C(=C\F)CS(=O)(=O)c1cccc(CN2CCCCCC2=O)c1. The van der Waals surface area contributed by atoms with E-state index in [0.29, 0.717) is 25.1 Å². The molecule has 7 nitrogen and oxygen atoms in total. The molecule has 2 rings (SSSR count). The van der Waals surface area contributed by atoms with Gasteiger partial charge in [0.05, 0.1) is 17.0 Å². The molecule has 1 N–H and O–H groups in total. The Morgan fingerprint density at radius 2 is 2.00 bits per heavy atom.